The average molecular weight is 409 g/mol. The molecule has 1 aromatic carbocycles. The normalized spacial score (nSPS) is 19.3. The highest BCUT2D eigenvalue weighted by Gasteiger charge is 2.35. The average Bonchev–Trinajstić information content (AvgIpc) is 3.14. The molecule has 8 nitrogen and oxygen atoms in total. The summed E-state index contributed by atoms with van der Waals surface area (Å²) >= 11 is 0. The van der Waals surface area contributed by atoms with Crippen molar-refractivity contribution in [2.45, 2.75) is 26.8 Å². The Morgan fingerprint density at radius 1 is 1.17 bits per heavy atom. The van der Waals surface area contributed by atoms with E-state index in [1.165, 1.54) is 0 Å². The van der Waals surface area contributed by atoms with Gasteiger partial charge < -0.3 is 19.9 Å². The van der Waals surface area contributed by atoms with Crippen molar-refractivity contribution in [1.82, 2.24) is 15.3 Å². The predicted octanol–water partition coefficient (Wildman–Crippen LogP) is 1.60. The van der Waals surface area contributed by atoms with Crippen molar-refractivity contribution in [3.05, 3.63) is 47.4 Å². The summed E-state index contributed by atoms with van der Waals surface area (Å²) in [6, 6.07) is 9.72. The number of aryl methyl sites for hydroxylation is 2. The molecule has 0 aliphatic carbocycles. The van der Waals surface area contributed by atoms with Gasteiger partial charge in [-0.2, -0.15) is 0 Å². The molecule has 0 bridgehead atoms. The summed E-state index contributed by atoms with van der Waals surface area (Å²) < 4.78 is 5.40. The molecule has 2 amide bonds. The van der Waals surface area contributed by atoms with Crippen molar-refractivity contribution in [2.24, 2.45) is 5.92 Å². The van der Waals surface area contributed by atoms with Gasteiger partial charge in [0.1, 0.15) is 11.6 Å². The van der Waals surface area contributed by atoms with Crippen molar-refractivity contribution in [1.29, 1.82) is 0 Å². The third kappa shape index (κ3) is 4.59. The largest absolute Gasteiger partial charge is 0.378 e. The lowest BCUT2D eigenvalue weighted by atomic mass is 10.1. The van der Waals surface area contributed by atoms with Gasteiger partial charge in [0.05, 0.1) is 25.7 Å². The molecule has 0 spiro atoms. The standard InChI is InChI=1S/C22H27N5O3/c1-15-3-5-18(6-4-15)27-14-17(12-21(27)28)22(29)23-13-19-24-16(2)11-20(25-19)26-7-9-30-10-8-26/h3-6,11,17H,7-10,12-14H2,1-2H3,(H,23,29). The Bertz CT molecular complexity index is 925. The molecule has 0 saturated carbocycles. The molecule has 4 rings (SSSR count). The van der Waals surface area contributed by atoms with Crippen LogP contribution in [-0.4, -0.2) is 54.6 Å². The van der Waals surface area contributed by atoms with Gasteiger partial charge in [0.25, 0.3) is 0 Å². The van der Waals surface area contributed by atoms with E-state index < -0.39 is 0 Å². The molecular formula is C22H27N5O3. The highest BCUT2D eigenvalue weighted by atomic mass is 16.5. The highest BCUT2D eigenvalue weighted by Crippen LogP contribution is 2.25. The number of benzene rings is 1. The number of carbonyl (C=O) groups is 2. The maximum atomic E-state index is 12.7. The van der Waals surface area contributed by atoms with Gasteiger partial charge in [-0.3, -0.25) is 9.59 Å². The maximum absolute atomic E-state index is 12.7. The van der Waals surface area contributed by atoms with Crippen LogP contribution in [0.1, 0.15) is 23.5 Å². The first-order valence-electron chi connectivity index (χ1n) is 10.3. The topological polar surface area (TPSA) is 87.7 Å². The minimum Gasteiger partial charge on any atom is -0.378 e. The van der Waals surface area contributed by atoms with Gasteiger partial charge in [0, 0.05) is 43.5 Å². The van der Waals surface area contributed by atoms with Crippen LogP contribution >= 0.6 is 0 Å². The molecule has 30 heavy (non-hydrogen) atoms. The van der Waals surface area contributed by atoms with E-state index in [-0.39, 0.29) is 30.7 Å². The van der Waals surface area contributed by atoms with Crippen LogP contribution in [-0.2, 0) is 20.9 Å². The van der Waals surface area contributed by atoms with Gasteiger partial charge in [-0.05, 0) is 26.0 Å². The maximum Gasteiger partial charge on any atom is 0.227 e. The zero-order chi connectivity index (χ0) is 21.1. The zero-order valence-corrected chi connectivity index (χ0v) is 17.4. The Morgan fingerprint density at radius 2 is 1.90 bits per heavy atom. The number of nitrogens with zero attached hydrogens (tertiary/aromatic N) is 4. The number of nitrogens with one attached hydrogen (secondary N) is 1. The Balaban J connectivity index is 1.37. The number of aromatic nitrogens is 2. The second-order valence-corrected chi connectivity index (χ2v) is 7.84. The van der Waals surface area contributed by atoms with Crippen LogP contribution in [0, 0.1) is 19.8 Å². The van der Waals surface area contributed by atoms with Gasteiger partial charge in [-0.25, -0.2) is 9.97 Å². The number of rotatable bonds is 5. The lowest BCUT2D eigenvalue weighted by Gasteiger charge is -2.28. The lowest BCUT2D eigenvalue weighted by Crippen LogP contribution is -2.37. The van der Waals surface area contributed by atoms with Crippen molar-refractivity contribution in [3.8, 4) is 0 Å². The van der Waals surface area contributed by atoms with Crippen molar-refractivity contribution in [3.63, 3.8) is 0 Å². The summed E-state index contributed by atoms with van der Waals surface area (Å²) in [7, 11) is 0. The van der Waals surface area contributed by atoms with E-state index in [0.717, 1.165) is 35.9 Å². The quantitative estimate of drug-likeness (QED) is 0.807. The summed E-state index contributed by atoms with van der Waals surface area (Å²) in [4.78, 5) is 38.0. The van der Waals surface area contributed by atoms with Crippen molar-refractivity contribution < 1.29 is 14.3 Å². The molecule has 2 aliphatic rings. The molecule has 2 saturated heterocycles. The Hall–Kier alpha value is -3.00. The molecule has 2 fully saturated rings. The Labute approximate surface area is 176 Å². The van der Waals surface area contributed by atoms with Crippen LogP contribution in [0.5, 0.6) is 0 Å². The monoisotopic (exact) mass is 409 g/mol. The second-order valence-electron chi connectivity index (χ2n) is 7.84. The van der Waals surface area contributed by atoms with Gasteiger partial charge in [0.15, 0.2) is 0 Å². The molecule has 158 valence electrons. The summed E-state index contributed by atoms with van der Waals surface area (Å²) in [6.45, 7) is 7.51. The number of morpholine rings is 1. The summed E-state index contributed by atoms with van der Waals surface area (Å²) in [5, 5.41) is 2.91. The van der Waals surface area contributed by atoms with Gasteiger partial charge in [-0.1, -0.05) is 17.7 Å². The van der Waals surface area contributed by atoms with Crippen molar-refractivity contribution in [2.75, 3.05) is 42.6 Å². The number of carbonyl (C=O) groups excluding carboxylic acids is 2. The fourth-order valence-electron chi connectivity index (χ4n) is 3.81. The molecule has 0 radical (unpaired) electrons. The van der Waals surface area contributed by atoms with E-state index in [9.17, 15) is 9.59 Å². The van der Waals surface area contributed by atoms with Crippen LogP contribution in [0.15, 0.2) is 30.3 Å². The van der Waals surface area contributed by atoms with E-state index in [0.29, 0.717) is 25.6 Å². The molecule has 1 N–H and O–H groups in total. The molecule has 3 heterocycles. The first-order chi connectivity index (χ1) is 14.5. The molecule has 2 aromatic rings. The van der Waals surface area contributed by atoms with E-state index in [1.807, 2.05) is 44.2 Å². The van der Waals surface area contributed by atoms with E-state index in [4.69, 9.17) is 4.74 Å². The lowest BCUT2D eigenvalue weighted by molar-refractivity contribution is -0.126. The van der Waals surface area contributed by atoms with Gasteiger partial charge in [-0.15, -0.1) is 0 Å². The molecule has 2 aliphatic heterocycles. The van der Waals surface area contributed by atoms with Crippen LogP contribution in [0.3, 0.4) is 0 Å². The number of anilines is 2. The van der Waals surface area contributed by atoms with Crippen LogP contribution in [0.25, 0.3) is 0 Å². The Kier molecular flexibility index (Phi) is 5.94. The SMILES string of the molecule is Cc1ccc(N2CC(C(=O)NCc3nc(C)cc(N4CCOCC4)n3)CC2=O)cc1. The van der Waals surface area contributed by atoms with Crippen LogP contribution in [0.4, 0.5) is 11.5 Å². The first kappa shape index (κ1) is 20.3. The molecule has 1 atom stereocenters. The third-order valence-electron chi connectivity index (χ3n) is 5.48. The summed E-state index contributed by atoms with van der Waals surface area (Å²) in [6.07, 6.45) is 0.216. The highest BCUT2D eigenvalue weighted by molar-refractivity contribution is 6.00. The number of amides is 2. The van der Waals surface area contributed by atoms with E-state index in [1.54, 1.807) is 4.90 Å². The summed E-state index contributed by atoms with van der Waals surface area (Å²) in [5.74, 6) is 0.889. The zero-order valence-electron chi connectivity index (χ0n) is 17.4. The molecule has 1 aromatic heterocycles. The van der Waals surface area contributed by atoms with Crippen LogP contribution in [0.2, 0.25) is 0 Å². The Morgan fingerprint density at radius 3 is 2.63 bits per heavy atom. The van der Waals surface area contributed by atoms with E-state index >= 15 is 0 Å². The molecular weight excluding hydrogens is 382 g/mol. The van der Waals surface area contributed by atoms with Crippen molar-refractivity contribution >= 4 is 23.3 Å². The fraction of sp³-hybridized carbons (Fsp3) is 0.455. The van der Waals surface area contributed by atoms with Gasteiger partial charge >= 0.3 is 0 Å². The molecule has 8 heteroatoms. The summed E-state index contributed by atoms with van der Waals surface area (Å²) in [5.41, 5.74) is 2.82. The first-order valence-corrected chi connectivity index (χ1v) is 10.3. The smallest absolute Gasteiger partial charge is 0.227 e. The van der Waals surface area contributed by atoms with Crippen LogP contribution < -0.4 is 15.1 Å². The minimum atomic E-state index is -0.373. The van der Waals surface area contributed by atoms with E-state index in [2.05, 4.69) is 20.2 Å². The number of hydrogen-bond acceptors (Lipinski definition) is 6. The number of ether oxygens (including phenoxy) is 1. The fourth-order valence-corrected chi connectivity index (χ4v) is 3.81. The predicted molar refractivity (Wildman–Crippen MR) is 113 cm³/mol. The third-order valence-corrected chi connectivity index (χ3v) is 5.48. The van der Waals surface area contributed by atoms with Gasteiger partial charge in [0.2, 0.25) is 11.8 Å². The number of hydrogen-bond donors (Lipinski definition) is 1. The molecule has 1 unspecified atom stereocenters. The second kappa shape index (κ2) is 8.79. The minimum absolute atomic E-state index is 0.0274.